The van der Waals surface area contributed by atoms with Crippen LogP contribution in [0.25, 0.3) is 0 Å². The maximum atomic E-state index is 12.9. The number of alkyl halides is 1. The van der Waals surface area contributed by atoms with E-state index in [0.29, 0.717) is 32.2 Å². The van der Waals surface area contributed by atoms with Gasteiger partial charge in [0.15, 0.2) is 5.60 Å². The Labute approximate surface area is 209 Å². The van der Waals surface area contributed by atoms with E-state index in [0.717, 1.165) is 19.3 Å². The normalized spacial score (nSPS) is 32.2. The van der Waals surface area contributed by atoms with Crippen molar-refractivity contribution >= 4 is 41.3 Å². The molecule has 2 saturated heterocycles. The monoisotopic (exact) mass is 506 g/mol. The number of hydrogen-bond donors (Lipinski definition) is 1. The van der Waals surface area contributed by atoms with Crippen molar-refractivity contribution in [2.75, 3.05) is 12.4 Å². The highest BCUT2D eigenvalue weighted by Crippen LogP contribution is 2.54. The highest BCUT2D eigenvalue weighted by molar-refractivity contribution is 6.18. The summed E-state index contributed by atoms with van der Waals surface area (Å²) in [6.07, 6.45) is 10.3. The summed E-state index contributed by atoms with van der Waals surface area (Å²) in [7, 11) is 0. The molecule has 3 amide bonds. The molecule has 9 nitrogen and oxygen atoms in total. The van der Waals surface area contributed by atoms with E-state index >= 15 is 0 Å². The summed E-state index contributed by atoms with van der Waals surface area (Å²) in [5.41, 5.74) is -2.58. The van der Waals surface area contributed by atoms with Crippen LogP contribution in [0.4, 0.5) is 0 Å². The molecule has 190 valence electrons. The SMILES string of the molecule is CC12OC(=O)C1(C(OC(=O)CCCCCN1C(=O)C=CC1=O)C1C=CCCC1)NC(=O)C2CCCl. The number of fused-ring (bicyclic) bond motifs is 1. The third-order valence-corrected chi connectivity index (χ3v) is 7.86. The van der Waals surface area contributed by atoms with Gasteiger partial charge >= 0.3 is 11.9 Å². The number of ether oxygens (including phenoxy) is 2. The molecule has 5 atom stereocenters. The van der Waals surface area contributed by atoms with Crippen molar-refractivity contribution in [1.29, 1.82) is 0 Å². The van der Waals surface area contributed by atoms with Crippen LogP contribution < -0.4 is 5.32 Å². The lowest BCUT2D eigenvalue weighted by Gasteiger charge is -2.55. The number of amides is 3. The largest absolute Gasteiger partial charge is 0.458 e. The van der Waals surface area contributed by atoms with E-state index in [4.69, 9.17) is 21.1 Å². The van der Waals surface area contributed by atoms with Crippen molar-refractivity contribution in [2.24, 2.45) is 11.8 Å². The lowest BCUT2D eigenvalue weighted by molar-refractivity contribution is -0.241. The Hall–Kier alpha value is -2.68. The maximum absolute atomic E-state index is 12.9. The van der Waals surface area contributed by atoms with Gasteiger partial charge in [-0.2, -0.15) is 0 Å². The number of carbonyl (C=O) groups excluding carboxylic acids is 5. The second-order valence-electron chi connectivity index (χ2n) is 9.73. The smallest absolute Gasteiger partial charge is 0.340 e. The summed E-state index contributed by atoms with van der Waals surface area (Å²) in [4.78, 5) is 63.1. The number of imide groups is 1. The molecule has 0 bridgehead atoms. The first-order valence-corrected chi connectivity index (χ1v) is 12.8. The van der Waals surface area contributed by atoms with Crippen LogP contribution in [0.2, 0.25) is 0 Å². The molecule has 10 heteroatoms. The predicted octanol–water partition coefficient (Wildman–Crippen LogP) is 2.17. The summed E-state index contributed by atoms with van der Waals surface area (Å²) in [5, 5.41) is 2.85. The van der Waals surface area contributed by atoms with Crippen LogP contribution in [0, 0.1) is 11.8 Å². The summed E-state index contributed by atoms with van der Waals surface area (Å²) in [6.45, 7) is 2.02. The molecule has 0 aromatic rings. The number of nitrogens with one attached hydrogen (secondary N) is 1. The molecule has 0 aromatic carbocycles. The van der Waals surface area contributed by atoms with E-state index in [-0.39, 0.29) is 35.9 Å². The van der Waals surface area contributed by atoms with Crippen molar-refractivity contribution < 1.29 is 33.4 Å². The molecule has 4 aliphatic rings. The summed E-state index contributed by atoms with van der Waals surface area (Å²) >= 11 is 5.92. The minimum absolute atomic E-state index is 0.119. The first-order valence-electron chi connectivity index (χ1n) is 12.3. The lowest BCUT2D eigenvalue weighted by Crippen LogP contribution is -2.80. The van der Waals surface area contributed by atoms with Crippen molar-refractivity contribution in [3.63, 3.8) is 0 Å². The third-order valence-electron chi connectivity index (χ3n) is 7.64. The molecule has 4 rings (SSSR count). The fraction of sp³-hybridized carbons (Fsp3) is 0.640. The molecule has 0 saturated carbocycles. The van der Waals surface area contributed by atoms with Gasteiger partial charge in [0.2, 0.25) is 11.4 Å². The molecule has 0 radical (unpaired) electrons. The number of esters is 2. The molecule has 2 fully saturated rings. The highest BCUT2D eigenvalue weighted by Gasteiger charge is 2.80. The van der Waals surface area contributed by atoms with E-state index < -0.39 is 35.1 Å². The minimum Gasteiger partial charge on any atom is -0.458 e. The van der Waals surface area contributed by atoms with E-state index in [1.54, 1.807) is 6.92 Å². The molecule has 3 aliphatic heterocycles. The average molecular weight is 507 g/mol. The zero-order chi connectivity index (χ0) is 25.2. The topological polar surface area (TPSA) is 119 Å². The molecule has 35 heavy (non-hydrogen) atoms. The van der Waals surface area contributed by atoms with Crippen LogP contribution in [0.1, 0.15) is 58.3 Å². The van der Waals surface area contributed by atoms with Crippen LogP contribution in [0.5, 0.6) is 0 Å². The van der Waals surface area contributed by atoms with Gasteiger partial charge in [0, 0.05) is 36.9 Å². The molecular formula is C25H31ClN2O7. The van der Waals surface area contributed by atoms with Gasteiger partial charge in [-0.25, -0.2) is 4.79 Å². The number of rotatable bonds is 11. The van der Waals surface area contributed by atoms with Crippen LogP contribution in [0.3, 0.4) is 0 Å². The number of carbonyl (C=O) groups is 5. The summed E-state index contributed by atoms with van der Waals surface area (Å²) < 4.78 is 11.5. The first kappa shape index (κ1) is 25.4. The highest BCUT2D eigenvalue weighted by atomic mass is 35.5. The molecule has 1 N–H and O–H groups in total. The number of nitrogens with zero attached hydrogens (tertiary/aromatic N) is 1. The average Bonchev–Trinajstić information content (AvgIpc) is 3.24. The molecule has 0 aromatic heterocycles. The molecule has 5 unspecified atom stereocenters. The van der Waals surface area contributed by atoms with Crippen molar-refractivity contribution in [2.45, 2.75) is 75.5 Å². The summed E-state index contributed by atoms with van der Waals surface area (Å²) in [6, 6.07) is 0. The number of allylic oxidation sites excluding steroid dienone is 1. The Balaban J connectivity index is 1.41. The number of hydrogen-bond acceptors (Lipinski definition) is 7. The Kier molecular flexibility index (Phi) is 7.35. The Bertz CT molecular complexity index is 961. The first-order chi connectivity index (χ1) is 16.7. The molecule has 0 spiro atoms. The van der Waals surface area contributed by atoms with Crippen LogP contribution in [0.15, 0.2) is 24.3 Å². The second-order valence-corrected chi connectivity index (χ2v) is 10.1. The predicted molar refractivity (Wildman–Crippen MR) is 125 cm³/mol. The minimum atomic E-state index is -1.44. The third kappa shape index (κ3) is 4.39. The van der Waals surface area contributed by atoms with Gasteiger partial charge in [0.05, 0.1) is 5.92 Å². The van der Waals surface area contributed by atoms with Gasteiger partial charge < -0.3 is 14.8 Å². The van der Waals surface area contributed by atoms with Gasteiger partial charge in [-0.1, -0.05) is 18.6 Å². The van der Waals surface area contributed by atoms with Crippen LogP contribution in [-0.2, 0) is 33.4 Å². The van der Waals surface area contributed by atoms with Crippen LogP contribution in [-0.4, -0.2) is 64.2 Å². The van der Waals surface area contributed by atoms with Crippen molar-refractivity contribution in [3.05, 3.63) is 24.3 Å². The quantitative estimate of drug-likeness (QED) is 0.150. The van der Waals surface area contributed by atoms with Gasteiger partial charge in [-0.3, -0.25) is 24.1 Å². The van der Waals surface area contributed by atoms with Crippen molar-refractivity contribution in [3.8, 4) is 0 Å². The second kappa shape index (κ2) is 10.1. The van der Waals surface area contributed by atoms with Gasteiger partial charge in [-0.05, 0) is 45.4 Å². The Morgan fingerprint density at radius 2 is 1.97 bits per heavy atom. The van der Waals surface area contributed by atoms with E-state index in [2.05, 4.69) is 5.32 Å². The summed E-state index contributed by atoms with van der Waals surface area (Å²) in [5.74, 6) is -2.62. The van der Waals surface area contributed by atoms with Gasteiger partial charge in [-0.15, -0.1) is 11.6 Å². The Morgan fingerprint density at radius 3 is 2.60 bits per heavy atom. The zero-order valence-electron chi connectivity index (χ0n) is 19.8. The molecular weight excluding hydrogens is 476 g/mol. The van der Waals surface area contributed by atoms with Gasteiger partial charge in [0.25, 0.3) is 11.8 Å². The molecule has 3 heterocycles. The zero-order valence-corrected chi connectivity index (χ0v) is 20.6. The standard InChI is InChI=1S/C25H31ClN2O7/c1-24-17(13-14-26)22(32)27-25(24,23(33)35-24)21(16-8-4-2-5-9-16)34-20(31)10-6-3-7-15-28-18(29)11-12-19(28)30/h4,8,11-12,16-17,21H,2-3,5-7,9-10,13-15H2,1H3,(H,27,32). The van der Waals surface area contributed by atoms with Crippen molar-refractivity contribution in [1.82, 2.24) is 10.2 Å². The Morgan fingerprint density at radius 1 is 1.23 bits per heavy atom. The number of halogens is 1. The van der Waals surface area contributed by atoms with E-state index in [1.807, 2.05) is 12.2 Å². The lowest BCUT2D eigenvalue weighted by atomic mass is 9.64. The molecule has 1 aliphatic carbocycles. The maximum Gasteiger partial charge on any atom is 0.340 e. The number of unbranched alkanes of at least 4 members (excludes halogenated alkanes) is 2. The van der Waals surface area contributed by atoms with E-state index in [1.165, 1.54) is 17.1 Å². The fourth-order valence-corrected chi connectivity index (χ4v) is 5.92. The van der Waals surface area contributed by atoms with Crippen LogP contribution >= 0.6 is 11.6 Å². The van der Waals surface area contributed by atoms with Gasteiger partial charge in [0.1, 0.15) is 6.10 Å². The van der Waals surface area contributed by atoms with E-state index in [9.17, 15) is 24.0 Å². The fourth-order valence-electron chi connectivity index (χ4n) is 5.70.